The fourth-order valence-electron chi connectivity index (χ4n) is 4.68. The summed E-state index contributed by atoms with van der Waals surface area (Å²) in [6.45, 7) is 2.12. The van der Waals surface area contributed by atoms with Gasteiger partial charge in [-0.3, -0.25) is 9.59 Å². The maximum atomic E-state index is 13.7. The number of para-hydroxylation sites is 1. The Morgan fingerprint density at radius 2 is 1.64 bits per heavy atom. The van der Waals surface area contributed by atoms with Gasteiger partial charge in [0, 0.05) is 19.0 Å². The van der Waals surface area contributed by atoms with Crippen molar-refractivity contribution >= 4 is 23.4 Å². The molecule has 3 aromatic carbocycles. The van der Waals surface area contributed by atoms with E-state index in [1.54, 1.807) is 17.0 Å². The van der Waals surface area contributed by atoms with Gasteiger partial charge in [0.15, 0.2) is 6.61 Å². The summed E-state index contributed by atoms with van der Waals surface area (Å²) >= 11 is 6.24. The van der Waals surface area contributed by atoms with E-state index >= 15 is 0 Å². The molecule has 1 fully saturated rings. The van der Waals surface area contributed by atoms with Crippen LogP contribution in [0.1, 0.15) is 42.4 Å². The van der Waals surface area contributed by atoms with Gasteiger partial charge in [-0.05, 0) is 48.6 Å². The third-order valence-corrected chi connectivity index (χ3v) is 7.07. The van der Waals surface area contributed by atoms with Gasteiger partial charge in [-0.25, -0.2) is 0 Å². The summed E-state index contributed by atoms with van der Waals surface area (Å²) in [5.74, 6) is 0.0597. The van der Waals surface area contributed by atoms with Gasteiger partial charge in [0.2, 0.25) is 5.91 Å². The quantitative estimate of drug-likeness (QED) is 0.384. The zero-order valence-electron chi connectivity index (χ0n) is 20.7. The molecule has 4 rings (SSSR count). The number of nitrogens with one attached hydrogen (secondary N) is 1. The molecule has 0 spiro atoms. The van der Waals surface area contributed by atoms with Crippen LogP contribution in [0.5, 0.6) is 5.75 Å². The highest BCUT2D eigenvalue weighted by molar-refractivity contribution is 6.32. The number of hydrogen-bond donors (Lipinski definition) is 1. The molecule has 0 aliphatic heterocycles. The minimum atomic E-state index is -0.671. The first kappa shape index (κ1) is 25.8. The lowest BCUT2D eigenvalue weighted by Gasteiger charge is -2.32. The van der Waals surface area contributed by atoms with Gasteiger partial charge >= 0.3 is 0 Å². The number of rotatable bonds is 10. The molecular weight excluding hydrogens is 472 g/mol. The predicted molar refractivity (Wildman–Crippen MR) is 143 cm³/mol. The molecule has 0 heterocycles. The SMILES string of the molecule is Cc1ccccc1CN(C(=O)COc1ccccc1Cl)[C@@H](Cc1ccccc1)C(=O)NC1CCCC1. The van der Waals surface area contributed by atoms with Gasteiger partial charge in [0.25, 0.3) is 5.91 Å². The number of amides is 2. The maximum absolute atomic E-state index is 13.7. The molecule has 1 N–H and O–H groups in total. The predicted octanol–water partition coefficient (Wildman–Crippen LogP) is 5.73. The monoisotopic (exact) mass is 504 g/mol. The number of nitrogens with zero attached hydrogens (tertiary/aromatic N) is 1. The van der Waals surface area contributed by atoms with E-state index in [0.717, 1.165) is 42.4 Å². The second-order valence-electron chi connectivity index (χ2n) is 9.36. The van der Waals surface area contributed by atoms with E-state index in [0.29, 0.717) is 23.7 Å². The van der Waals surface area contributed by atoms with Gasteiger partial charge < -0.3 is 15.0 Å². The molecule has 1 aliphatic carbocycles. The van der Waals surface area contributed by atoms with E-state index in [1.165, 1.54) is 0 Å². The van der Waals surface area contributed by atoms with Crippen LogP contribution in [-0.2, 0) is 22.6 Å². The van der Waals surface area contributed by atoms with Gasteiger partial charge in [0.05, 0.1) is 5.02 Å². The molecule has 0 radical (unpaired) electrons. The summed E-state index contributed by atoms with van der Waals surface area (Å²) in [4.78, 5) is 29.0. The van der Waals surface area contributed by atoms with E-state index in [4.69, 9.17) is 16.3 Å². The zero-order valence-corrected chi connectivity index (χ0v) is 21.4. The summed E-state index contributed by atoms with van der Waals surface area (Å²) in [5.41, 5.74) is 3.06. The Kier molecular flexibility index (Phi) is 9.01. The van der Waals surface area contributed by atoms with Crippen LogP contribution in [0.4, 0.5) is 0 Å². The van der Waals surface area contributed by atoms with Crippen LogP contribution in [0.15, 0.2) is 78.9 Å². The summed E-state index contributed by atoms with van der Waals surface area (Å²) in [6, 6.07) is 24.3. The van der Waals surface area contributed by atoms with Gasteiger partial charge in [-0.15, -0.1) is 0 Å². The molecule has 0 saturated heterocycles. The first-order valence-corrected chi connectivity index (χ1v) is 12.9. The minimum absolute atomic E-state index is 0.120. The minimum Gasteiger partial charge on any atom is -0.482 e. The van der Waals surface area contributed by atoms with Crippen molar-refractivity contribution in [2.45, 2.75) is 57.7 Å². The lowest BCUT2D eigenvalue weighted by atomic mass is 10.0. The van der Waals surface area contributed by atoms with Gasteiger partial charge in [0.1, 0.15) is 11.8 Å². The Balaban J connectivity index is 1.63. The highest BCUT2D eigenvalue weighted by atomic mass is 35.5. The number of benzene rings is 3. The molecule has 3 aromatic rings. The fraction of sp³-hybridized carbons (Fsp3) is 0.333. The summed E-state index contributed by atoms with van der Waals surface area (Å²) in [7, 11) is 0. The van der Waals surface area contributed by atoms with Crippen LogP contribution in [0.3, 0.4) is 0 Å². The molecule has 1 atom stereocenters. The van der Waals surface area contributed by atoms with Gasteiger partial charge in [-0.1, -0.05) is 91.2 Å². The lowest BCUT2D eigenvalue weighted by molar-refractivity contribution is -0.143. The topological polar surface area (TPSA) is 58.6 Å². The first-order chi connectivity index (χ1) is 17.5. The zero-order chi connectivity index (χ0) is 25.3. The van der Waals surface area contributed by atoms with Crippen molar-refractivity contribution in [1.29, 1.82) is 0 Å². The molecule has 1 saturated carbocycles. The van der Waals surface area contributed by atoms with Crippen molar-refractivity contribution in [2.24, 2.45) is 0 Å². The molecule has 6 heteroatoms. The smallest absolute Gasteiger partial charge is 0.261 e. The summed E-state index contributed by atoms with van der Waals surface area (Å²) < 4.78 is 5.81. The summed E-state index contributed by atoms with van der Waals surface area (Å²) in [5, 5.41) is 3.66. The first-order valence-electron chi connectivity index (χ1n) is 12.6. The van der Waals surface area contributed by atoms with Crippen molar-refractivity contribution in [1.82, 2.24) is 10.2 Å². The normalized spacial score (nSPS) is 14.3. The van der Waals surface area contributed by atoms with E-state index in [-0.39, 0.29) is 24.5 Å². The molecule has 0 unspecified atom stereocenters. The number of ether oxygens (including phenoxy) is 1. The Morgan fingerprint density at radius 1 is 0.972 bits per heavy atom. The largest absolute Gasteiger partial charge is 0.482 e. The number of aryl methyl sites for hydroxylation is 1. The highest BCUT2D eigenvalue weighted by Crippen LogP contribution is 2.24. The van der Waals surface area contributed by atoms with E-state index < -0.39 is 6.04 Å². The molecule has 0 bridgehead atoms. The van der Waals surface area contributed by atoms with Crippen LogP contribution < -0.4 is 10.1 Å². The van der Waals surface area contributed by atoms with Crippen LogP contribution in [0, 0.1) is 6.92 Å². The highest BCUT2D eigenvalue weighted by Gasteiger charge is 2.32. The fourth-order valence-corrected chi connectivity index (χ4v) is 4.87. The summed E-state index contributed by atoms with van der Waals surface area (Å²) in [6.07, 6.45) is 4.61. The van der Waals surface area contributed by atoms with Crippen LogP contribution in [0.25, 0.3) is 0 Å². The maximum Gasteiger partial charge on any atom is 0.261 e. The molecule has 0 aromatic heterocycles. The Hall–Kier alpha value is -3.31. The number of carbonyl (C=O) groups excluding carboxylic acids is 2. The average Bonchev–Trinajstić information content (AvgIpc) is 3.40. The molecular formula is C30H33ClN2O3. The molecule has 2 amide bonds. The van der Waals surface area contributed by atoms with Crippen LogP contribution in [-0.4, -0.2) is 35.4 Å². The number of hydrogen-bond acceptors (Lipinski definition) is 3. The van der Waals surface area contributed by atoms with Crippen LogP contribution >= 0.6 is 11.6 Å². The van der Waals surface area contributed by atoms with Crippen molar-refractivity contribution in [3.63, 3.8) is 0 Å². The third-order valence-electron chi connectivity index (χ3n) is 6.76. The van der Waals surface area contributed by atoms with E-state index in [1.807, 2.05) is 73.7 Å². The second-order valence-corrected chi connectivity index (χ2v) is 9.77. The van der Waals surface area contributed by atoms with Crippen molar-refractivity contribution in [3.05, 3.63) is 101 Å². The molecule has 1 aliphatic rings. The van der Waals surface area contributed by atoms with Crippen molar-refractivity contribution in [3.8, 4) is 5.75 Å². The lowest BCUT2D eigenvalue weighted by Crippen LogP contribution is -2.53. The van der Waals surface area contributed by atoms with Crippen molar-refractivity contribution < 1.29 is 14.3 Å². The van der Waals surface area contributed by atoms with E-state index in [9.17, 15) is 9.59 Å². The van der Waals surface area contributed by atoms with E-state index in [2.05, 4.69) is 5.32 Å². The standard InChI is InChI=1S/C30H33ClN2O3/c1-22-11-5-6-14-24(22)20-33(29(34)21-36-28-18-10-9-17-26(28)31)27(19-23-12-3-2-4-13-23)30(35)32-25-15-7-8-16-25/h2-6,9-14,17-18,25,27H,7-8,15-16,19-21H2,1H3,(H,32,35)/t27-/m0/s1. The Bertz CT molecular complexity index is 1160. The Morgan fingerprint density at radius 3 is 2.36 bits per heavy atom. The molecule has 5 nitrogen and oxygen atoms in total. The third kappa shape index (κ3) is 6.88. The Labute approximate surface area is 218 Å². The number of carbonyl (C=O) groups is 2. The van der Waals surface area contributed by atoms with Crippen LogP contribution in [0.2, 0.25) is 5.02 Å². The van der Waals surface area contributed by atoms with Crippen molar-refractivity contribution in [2.75, 3.05) is 6.61 Å². The molecule has 188 valence electrons. The molecule has 36 heavy (non-hydrogen) atoms. The average molecular weight is 505 g/mol. The van der Waals surface area contributed by atoms with Gasteiger partial charge in [-0.2, -0.15) is 0 Å². The second kappa shape index (κ2) is 12.6. The number of halogens is 1.